The van der Waals surface area contributed by atoms with E-state index < -0.39 is 0 Å². The highest BCUT2D eigenvalue weighted by Crippen LogP contribution is 2.13. The van der Waals surface area contributed by atoms with Gasteiger partial charge in [-0.15, -0.1) is 0 Å². The van der Waals surface area contributed by atoms with Crippen molar-refractivity contribution >= 4 is 5.91 Å². The number of aromatic nitrogens is 4. The van der Waals surface area contributed by atoms with Crippen molar-refractivity contribution in [1.29, 1.82) is 0 Å². The molecule has 1 amide bonds. The lowest BCUT2D eigenvalue weighted by Crippen LogP contribution is -2.35. The van der Waals surface area contributed by atoms with E-state index in [0.29, 0.717) is 30.8 Å². The van der Waals surface area contributed by atoms with Gasteiger partial charge >= 0.3 is 5.69 Å². The maximum Gasteiger partial charge on any atom is 0.345 e. The van der Waals surface area contributed by atoms with Gasteiger partial charge in [-0.05, 0) is 18.9 Å². The van der Waals surface area contributed by atoms with Gasteiger partial charge < -0.3 is 10.1 Å². The van der Waals surface area contributed by atoms with E-state index in [4.69, 9.17) is 4.74 Å². The summed E-state index contributed by atoms with van der Waals surface area (Å²) < 4.78 is 8.02. The van der Waals surface area contributed by atoms with E-state index in [1.165, 1.54) is 18.0 Å². The molecule has 23 heavy (non-hydrogen) atoms. The molecule has 0 bridgehead atoms. The SMILES string of the molecule is COc1ccc(C(=O)NC2CCc3nn(C)c(=O)n3CC2)cn1. The number of ether oxygens (including phenoxy) is 1. The third-order valence-corrected chi connectivity index (χ3v) is 4.05. The van der Waals surface area contributed by atoms with Crippen LogP contribution in [0.2, 0.25) is 0 Å². The minimum Gasteiger partial charge on any atom is -0.481 e. The number of nitrogens with zero attached hydrogens (tertiary/aromatic N) is 4. The molecule has 0 radical (unpaired) electrons. The van der Waals surface area contributed by atoms with Crippen molar-refractivity contribution in [1.82, 2.24) is 24.6 Å². The molecule has 8 heteroatoms. The van der Waals surface area contributed by atoms with Gasteiger partial charge in [-0.2, -0.15) is 5.10 Å². The summed E-state index contributed by atoms with van der Waals surface area (Å²) >= 11 is 0. The van der Waals surface area contributed by atoms with Crippen LogP contribution in [-0.2, 0) is 20.0 Å². The Kier molecular flexibility index (Phi) is 4.14. The van der Waals surface area contributed by atoms with Crippen molar-refractivity contribution in [2.45, 2.75) is 31.8 Å². The molecule has 3 rings (SSSR count). The Bertz CT molecular complexity index is 762. The fraction of sp³-hybridized carbons (Fsp3) is 0.467. The second kappa shape index (κ2) is 6.23. The van der Waals surface area contributed by atoms with Crippen molar-refractivity contribution in [2.75, 3.05) is 7.11 Å². The zero-order valence-corrected chi connectivity index (χ0v) is 13.2. The van der Waals surface area contributed by atoms with E-state index in [0.717, 1.165) is 12.2 Å². The molecule has 2 aromatic heterocycles. The van der Waals surface area contributed by atoms with Gasteiger partial charge in [-0.1, -0.05) is 0 Å². The van der Waals surface area contributed by atoms with Crippen molar-refractivity contribution in [3.8, 4) is 5.88 Å². The first kappa shape index (κ1) is 15.3. The Balaban J connectivity index is 1.65. The van der Waals surface area contributed by atoms with Gasteiger partial charge in [-0.25, -0.2) is 14.5 Å². The summed E-state index contributed by atoms with van der Waals surface area (Å²) in [6.45, 7) is 0.563. The molecule has 0 aliphatic carbocycles. The summed E-state index contributed by atoms with van der Waals surface area (Å²) in [5.74, 6) is 1.08. The van der Waals surface area contributed by atoms with E-state index >= 15 is 0 Å². The second-order valence-corrected chi connectivity index (χ2v) is 5.56. The first-order chi connectivity index (χ1) is 11.1. The lowest BCUT2D eigenvalue weighted by molar-refractivity contribution is 0.0932. The third kappa shape index (κ3) is 3.10. The molecular formula is C15H19N5O3. The summed E-state index contributed by atoms with van der Waals surface area (Å²) in [4.78, 5) is 28.2. The smallest absolute Gasteiger partial charge is 0.345 e. The highest BCUT2D eigenvalue weighted by molar-refractivity contribution is 5.94. The molecule has 1 atom stereocenters. The van der Waals surface area contributed by atoms with Gasteiger partial charge in [0.05, 0.1) is 12.7 Å². The number of carbonyl (C=O) groups is 1. The number of rotatable bonds is 3. The summed E-state index contributed by atoms with van der Waals surface area (Å²) in [6.07, 6.45) is 3.62. The van der Waals surface area contributed by atoms with Crippen LogP contribution in [0.4, 0.5) is 0 Å². The summed E-state index contributed by atoms with van der Waals surface area (Å²) in [5, 5.41) is 7.23. The maximum atomic E-state index is 12.3. The average Bonchev–Trinajstić information content (AvgIpc) is 2.73. The zero-order chi connectivity index (χ0) is 16.4. The number of amides is 1. The third-order valence-electron chi connectivity index (χ3n) is 4.05. The molecule has 0 aromatic carbocycles. The zero-order valence-electron chi connectivity index (χ0n) is 13.2. The lowest BCUT2D eigenvalue weighted by Gasteiger charge is -2.16. The quantitative estimate of drug-likeness (QED) is 0.868. The molecule has 8 nitrogen and oxygen atoms in total. The number of nitrogens with one attached hydrogen (secondary N) is 1. The molecule has 0 fully saturated rings. The Morgan fingerprint density at radius 3 is 2.91 bits per heavy atom. The van der Waals surface area contributed by atoms with Gasteiger partial charge in [0, 0.05) is 38.3 Å². The van der Waals surface area contributed by atoms with Crippen LogP contribution in [0, 0.1) is 0 Å². The molecule has 122 valence electrons. The number of carbonyl (C=O) groups excluding carboxylic acids is 1. The molecule has 1 N–H and O–H groups in total. The Hall–Kier alpha value is -2.64. The molecule has 2 aromatic rings. The topological polar surface area (TPSA) is 91.0 Å². The van der Waals surface area contributed by atoms with E-state index in [1.54, 1.807) is 23.7 Å². The molecule has 3 heterocycles. The average molecular weight is 317 g/mol. The Morgan fingerprint density at radius 2 is 2.22 bits per heavy atom. The van der Waals surface area contributed by atoms with Crippen LogP contribution in [0.15, 0.2) is 23.1 Å². The fourth-order valence-corrected chi connectivity index (χ4v) is 2.75. The second-order valence-electron chi connectivity index (χ2n) is 5.56. The molecule has 1 aliphatic heterocycles. The van der Waals surface area contributed by atoms with E-state index in [1.807, 2.05) is 0 Å². The van der Waals surface area contributed by atoms with E-state index in [9.17, 15) is 9.59 Å². The largest absolute Gasteiger partial charge is 0.481 e. The summed E-state index contributed by atoms with van der Waals surface area (Å²) in [7, 11) is 3.18. The predicted molar refractivity (Wildman–Crippen MR) is 82.4 cm³/mol. The maximum absolute atomic E-state index is 12.3. The van der Waals surface area contributed by atoms with Crippen LogP contribution in [0.25, 0.3) is 0 Å². The molecule has 0 saturated carbocycles. The minimum absolute atomic E-state index is 0.0102. The fourth-order valence-electron chi connectivity index (χ4n) is 2.75. The van der Waals surface area contributed by atoms with Crippen LogP contribution in [-0.4, -0.2) is 38.4 Å². The van der Waals surface area contributed by atoms with Crippen LogP contribution in [0.1, 0.15) is 29.0 Å². The van der Waals surface area contributed by atoms with Crippen LogP contribution >= 0.6 is 0 Å². The molecule has 0 spiro atoms. The van der Waals surface area contributed by atoms with Crippen LogP contribution < -0.4 is 15.7 Å². The van der Waals surface area contributed by atoms with Gasteiger partial charge in [0.2, 0.25) is 5.88 Å². The van der Waals surface area contributed by atoms with Crippen molar-refractivity contribution in [2.24, 2.45) is 7.05 Å². The normalized spacial score (nSPS) is 17.2. The van der Waals surface area contributed by atoms with E-state index in [-0.39, 0.29) is 17.6 Å². The standard InChI is InChI=1S/C15H19N5O3/c1-19-15(22)20-8-7-11(4-5-12(20)18-19)17-14(21)10-3-6-13(23-2)16-9-10/h3,6,9,11H,4-5,7-8H2,1-2H3,(H,17,21). The first-order valence-corrected chi connectivity index (χ1v) is 7.52. The lowest BCUT2D eigenvalue weighted by atomic mass is 10.1. The van der Waals surface area contributed by atoms with Crippen molar-refractivity contribution < 1.29 is 9.53 Å². The van der Waals surface area contributed by atoms with Crippen molar-refractivity contribution in [3.63, 3.8) is 0 Å². The van der Waals surface area contributed by atoms with Gasteiger partial charge in [-0.3, -0.25) is 9.36 Å². The van der Waals surface area contributed by atoms with Crippen molar-refractivity contribution in [3.05, 3.63) is 40.2 Å². The van der Waals surface area contributed by atoms with Crippen LogP contribution in [0.5, 0.6) is 5.88 Å². The number of aryl methyl sites for hydroxylation is 2. The monoisotopic (exact) mass is 317 g/mol. The highest BCUT2D eigenvalue weighted by atomic mass is 16.5. The highest BCUT2D eigenvalue weighted by Gasteiger charge is 2.21. The number of hydrogen-bond donors (Lipinski definition) is 1. The van der Waals surface area contributed by atoms with Gasteiger partial charge in [0.25, 0.3) is 5.91 Å². The number of hydrogen-bond acceptors (Lipinski definition) is 5. The van der Waals surface area contributed by atoms with Gasteiger partial charge in [0.1, 0.15) is 5.82 Å². The minimum atomic E-state index is -0.169. The number of fused-ring (bicyclic) bond motifs is 1. The molecule has 1 unspecified atom stereocenters. The molecular weight excluding hydrogens is 298 g/mol. The molecule has 0 saturated heterocycles. The van der Waals surface area contributed by atoms with Gasteiger partial charge in [0.15, 0.2) is 0 Å². The van der Waals surface area contributed by atoms with Crippen LogP contribution in [0.3, 0.4) is 0 Å². The Labute approximate surface area is 133 Å². The number of methoxy groups -OCH3 is 1. The predicted octanol–water partition coefficient (Wildman–Crippen LogP) is 0.120. The number of pyridine rings is 1. The summed E-state index contributed by atoms with van der Waals surface area (Å²) in [5.41, 5.74) is 0.384. The molecule has 1 aliphatic rings. The first-order valence-electron chi connectivity index (χ1n) is 7.52. The summed E-state index contributed by atoms with van der Waals surface area (Å²) in [6, 6.07) is 3.34. The van der Waals surface area contributed by atoms with E-state index in [2.05, 4.69) is 15.4 Å². The Morgan fingerprint density at radius 1 is 1.39 bits per heavy atom.